The second-order valence-corrected chi connectivity index (χ2v) is 5.79. The van der Waals surface area contributed by atoms with Gasteiger partial charge in [0.05, 0.1) is 7.11 Å². The fraction of sp³-hybridized carbons (Fsp3) is 0.350. The molecule has 2 aromatic carbocycles. The molecule has 2 aromatic rings. The lowest BCUT2D eigenvalue weighted by atomic mass is 10.1. The second kappa shape index (κ2) is 10.4. The van der Waals surface area contributed by atoms with Crippen LogP contribution in [-0.4, -0.2) is 32.7 Å². The third kappa shape index (κ3) is 7.27. The maximum atomic E-state index is 11.8. The highest BCUT2D eigenvalue weighted by atomic mass is 16.5. The third-order valence-corrected chi connectivity index (χ3v) is 3.71. The van der Waals surface area contributed by atoms with Crippen LogP contribution in [0.25, 0.3) is 0 Å². The Bertz CT molecular complexity index is 656. The smallest absolute Gasteiger partial charge is 0.221 e. The molecule has 0 radical (unpaired) electrons. The first-order valence-corrected chi connectivity index (χ1v) is 8.47. The average Bonchev–Trinajstić information content (AvgIpc) is 2.63. The van der Waals surface area contributed by atoms with Gasteiger partial charge in [0.15, 0.2) is 0 Å². The minimum atomic E-state index is 0.0464. The van der Waals surface area contributed by atoms with Gasteiger partial charge in [-0.15, -0.1) is 0 Å². The van der Waals surface area contributed by atoms with Crippen LogP contribution in [0.5, 0.6) is 11.5 Å². The molecule has 0 atom stereocenters. The summed E-state index contributed by atoms with van der Waals surface area (Å²) in [4.78, 5) is 11.8. The van der Waals surface area contributed by atoms with Crippen LogP contribution in [-0.2, 0) is 11.3 Å². The molecule has 1 amide bonds. The van der Waals surface area contributed by atoms with Crippen LogP contribution in [0, 0.1) is 6.92 Å². The molecule has 2 N–H and O–H groups in total. The van der Waals surface area contributed by atoms with Crippen LogP contribution < -0.4 is 20.1 Å². The van der Waals surface area contributed by atoms with Crippen molar-refractivity contribution in [2.45, 2.75) is 19.9 Å². The Morgan fingerprint density at radius 3 is 2.52 bits per heavy atom. The van der Waals surface area contributed by atoms with Gasteiger partial charge in [-0.2, -0.15) is 0 Å². The molecule has 0 heterocycles. The zero-order chi connectivity index (χ0) is 17.9. The van der Waals surface area contributed by atoms with Crippen molar-refractivity contribution < 1.29 is 14.3 Å². The Morgan fingerprint density at radius 1 is 1.04 bits per heavy atom. The standard InChI is InChI=1S/C20H26N2O3/c1-16-4-3-5-17(14-16)15-22-20(23)10-11-21-12-13-25-19-8-6-18(24-2)7-9-19/h3-9,14,21H,10-13,15H2,1-2H3,(H,22,23). The van der Waals surface area contributed by atoms with Crippen molar-refractivity contribution in [2.24, 2.45) is 0 Å². The van der Waals surface area contributed by atoms with Gasteiger partial charge in [0, 0.05) is 26.1 Å². The summed E-state index contributed by atoms with van der Waals surface area (Å²) >= 11 is 0. The number of hydrogen-bond donors (Lipinski definition) is 2. The van der Waals surface area contributed by atoms with E-state index in [0.717, 1.165) is 17.1 Å². The van der Waals surface area contributed by atoms with E-state index in [-0.39, 0.29) is 5.91 Å². The summed E-state index contributed by atoms with van der Waals surface area (Å²) in [6.07, 6.45) is 0.453. The highest BCUT2D eigenvalue weighted by Crippen LogP contribution is 2.16. The molecule has 5 nitrogen and oxygen atoms in total. The number of amides is 1. The highest BCUT2D eigenvalue weighted by molar-refractivity contribution is 5.76. The minimum Gasteiger partial charge on any atom is -0.497 e. The molecule has 0 spiro atoms. The Morgan fingerprint density at radius 2 is 1.80 bits per heavy atom. The lowest BCUT2D eigenvalue weighted by molar-refractivity contribution is -0.121. The summed E-state index contributed by atoms with van der Waals surface area (Å²) in [6.45, 7) is 4.49. The average molecular weight is 342 g/mol. The van der Waals surface area contributed by atoms with Crippen LogP contribution in [0.2, 0.25) is 0 Å². The van der Waals surface area contributed by atoms with Gasteiger partial charge in [-0.3, -0.25) is 4.79 Å². The first-order valence-electron chi connectivity index (χ1n) is 8.47. The van der Waals surface area contributed by atoms with Crippen LogP contribution in [0.3, 0.4) is 0 Å². The van der Waals surface area contributed by atoms with Crippen molar-refractivity contribution in [1.82, 2.24) is 10.6 Å². The van der Waals surface area contributed by atoms with Crippen molar-refractivity contribution in [3.05, 3.63) is 59.7 Å². The molecule has 0 saturated heterocycles. The van der Waals surface area contributed by atoms with Gasteiger partial charge in [-0.05, 0) is 36.8 Å². The van der Waals surface area contributed by atoms with Crippen LogP contribution in [0.15, 0.2) is 48.5 Å². The summed E-state index contributed by atoms with van der Waals surface area (Å²) in [7, 11) is 1.64. The Kier molecular flexibility index (Phi) is 7.79. The van der Waals surface area contributed by atoms with E-state index in [4.69, 9.17) is 9.47 Å². The normalized spacial score (nSPS) is 10.3. The summed E-state index contributed by atoms with van der Waals surface area (Å²) in [5, 5.41) is 6.14. The van der Waals surface area contributed by atoms with Gasteiger partial charge >= 0.3 is 0 Å². The molecule has 2 rings (SSSR count). The predicted molar refractivity (Wildman–Crippen MR) is 99.0 cm³/mol. The fourth-order valence-corrected chi connectivity index (χ4v) is 2.35. The van der Waals surface area contributed by atoms with E-state index < -0.39 is 0 Å². The van der Waals surface area contributed by atoms with Gasteiger partial charge in [0.1, 0.15) is 18.1 Å². The summed E-state index contributed by atoms with van der Waals surface area (Å²) < 4.78 is 10.7. The number of benzene rings is 2. The predicted octanol–water partition coefficient (Wildman–Crippen LogP) is 2.68. The zero-order valence-corrected chi connectivity index (χ0v) is 14.9. The van der Waals surface area contributed by atoms with Crippen molar-refractivity contribution in [1.29, 1.82) is 0 Å². The molecule has 0 bridgehead atoms. The lowest BCUT2D eigenvalue weighted by Crippen LogP contribution is -2.29. The SMILES string of the molecule is COc1ccc(OCCNCCC(=O)NCc2cccc(C)c2)cc1. The quantitative estimate of drug-likeness (QED) is 0.652. The maximum Gasteiger partial charge on any atom is 0.221 e. The number of hydrogen-bond acceptors (Lipinski definition) is 4. The van der Waals surface area contributed by atoms with Gasteiger partial charge in [-0.1, -0.05) is 29.8 Å². The number of carbonyl (C=O) groups excluding carboxylic acids is 1. The molecule has 0 unspecified atom stereocenters. The van der Waals surface area contributed by atoms with Crippen LogP contribution in [0.1, 0.15) is 17.5 Å². The van der Waals surface area contributed by atoms with E-state index in [1.165, 1.54) is 5.56 Å². The van der Waals surface area contributed by atoms with E-state index in [0.29, 0.717) is 32.7 Å². The van der Waals surface area contributed by atoms with E-state index in [1.807, 2.05) is 49.4 Å². The number of ether oxygens (including phenoxy) is 2. The molecule has 0 aliphatic carbocycles. The molecular weight excluding hydrogens is 316 g/mol. The van der Waals surface area contributed by atoms with E-state index >= 15 is 0 Å². The Balaban J connectivity index is 1.52. The summed E-state index contributed by atoms with van der Waals surface area (Å²) in [6, 6.07) is 15.6. The molecule has 5 heteroatoms. The van der Waals surface area contributed by atoms with Crippen molar-refractivity contribution in [3.63, 3.8) is 0 Å². The first kappa shape index (κ1) is 18.8. The molecule has 0 saturated carbocycles. The summed E-state index contributed by atoms with van der Waals surface area (Å²) in [5.41, 5.74) is 2.32. The molecule has 0 aliphatic heterocycles. The number of methoxy groups -OCH3 is 1. The van der Waals surface area contributed by atoms with Crippen LogP contribution >= 0.6 is 0 Å². The van der Waals surface area contributed by atoms with Gasteiger partial charge in [-0.25, -0.2) is 0 Å². The molecule has 134 valence electrons. The van der Waals surface area contributed by atoms with Gasteiger partial charge in [0.2, 0.25) is 5.91 Å². The van der Waals surface area contributed by atoms with Crippen molar-refractivity contribution in [2.75, 3.05) is 26.8 Å². The highest BCUT2D eigenvalue weighted by Gasteiger charge is 2.01. The van der Waals surface area contributed by atoms with Crippen molar-refractivity contribution in [3.8, 4) is 11.5 Å². The topological polar surface area (TPSA) is 59.6 Å². The van der Waals surface area contributed by atoms with Gasteiger partial charge < -0.3 is 20.1 Å². The minimum absolute atomic E-state index is 0.0464. The van der Waals surface area contributed by atoms with E-state index in [1.54, 1.807) is 7.11 Å². The van der Waals surface area contributed by atoms with E-state index in [2.05, 4.69) is 16.7 Å². The number of carbonyl (C=O) groups is 1. The van der Waals surface area contributed by atoms with Crippen LogP contribution in [0.4, 0.5) is 0 Å². The Labute approximate surface area is 149 Å². The molecule has 0 fully saturated rings. The summed E-state index contributed by atoms with van der Waals surface area (Å²) in [5.74, 6) is 1.66. The molecule has 25 heavy (non-hydrogen) atoms. The Hall–Kier alpha value is -2.53. The fourth-order valence-electron chi connectivity index (χ4n) is 2.35. The largest absolute Gasteiger partial charge is 0.497 e. The third-order valence-electron chi connectivity index (χ3n) is 3.71. The molecular formula is C20H26N2O3. The second-order valence-electron chi connectivity index (χ2n) is 5.79. The number of rotatable bonds is 10. The first-order chi connectivity index (χ1) is 12.2. The van der Waals surface area contributed by atoms with Crippen molar-refractivity contribution >= 4 is 5.91 Å². The maximum absolute atomic E-state index is 11.8. The molecule has 0 aromatic heterocycles. The number of nitrogens with one attached hydrogen (secondary N) is 2. The van der Waals surface area contributed by atoms with E-state index in [9.17, 15) is 4.79 Å². The number of aryl methyl sites for hydroxylation is 1. The molecule has 0 aliphatic rings. The zero-order valence-electron chi connectivity index (χ0n) is 14.9. The lowest BCUT2D eigenvalue weighted by Gasteiger charge is -2.09. The van der Waals surface area contributed by atoms with Gasteiger partial charge in [0.25, 0.3) is 0 Å². The monoisotopic (exact) mass is 342 g/mol.